The maximum atomic E-state index is 10.8. The van der Waals surface area contributed by atoms with Gasteiger partial charge in [-0.15, -0.1) is 0 Å². The van der Waals surface area contributed by atoms with Crippen LogP contribution >= 0.6 is 0 Å². The van der Waals surface area contributed by atoms with Crippen molar-refractivity contribution in [1.82, 2.24) is 0 Å². The number of aromatic carboxylic acids is 1. The molecule has 0 aliphatic rings. The van der Waals surface area contributed by atoms with Crippen molar-refractivity contribution in [3.8, 4) is 16.9 Å². The van der Waals surface area contributed by atoms with E-state index in [1.165, 1.54) is 32.1 Å². The lowest BCUT2D eigenvalue weighted by molar-refractivity contribution is -0.255. The van der Waals surface area contributed by atoms with Gasteiger partial charge in [0.2, 0.25) is 0 Å². The molecule has 0 aromatic heterocycles. The Morgan fingerprint density at radius 1 is 0.741 bits per heavy atom. The molecule has 0 spiro atoms. The van der Waals surface area contributed by atoms with E-state index in [1.807, 2.05) is 24.3 Å². The normalized spacial score (nSPS) is 10.7. The smallest absolute Gasteiger partial charge is 0.119 e. The van der Waals surface area contributed by atoms with Crippen LogP contribution < -0.4 is 9.84 Å². The average molecular weight is 369 g/mol. The maximum absolute atomic E-state index is 10.8. The molecule has 4 heteroatoms. The number of carbonyl (C=O) groups excluding carboxylic acids is 1. The van der Waals surface area contributed by atoms with Gasteiger partial charge in [-0.3, -0.25) is 0 Å². The second-order valence-electron chi connectivity index (χ2n) is 6.79. The number of carboxylic acid groups (broad SMARTS) is 1. The fourth-order valence-electron chi connectivity index (χ4n) is 3.01. The Bertz CT molecular complexity index is 662. The van der Waals surface area contributed by atoms with Gasteiger partial charge in [-0.2, -0.15) is 0 Å². The van der Waals surface area contributed by atoms with E-state index in [4.69, 9.17) is 9.84 Å². The van der Waals surface area contributed by atoms with Gasteiger partial charge < -0.3 is 19.7 Å². The summed E-state index contributed by atoms with van der Waals surface area (Å²) in [5.41, 5.74) is 2.17. The average Bonchev–Trinajstić information content (AvgIpc) is 2.70. The quantitative estimate of drug-likeness (QED) is 0.537. The Kier molecular flexibility index (Phi) is 9.42. The first-order valence-corrected chi connectivity index (χ1v) is 9.86. The van der Waals surface area contributed by atoms with Gasteiger partial charge >= 0.3 is 0 Å². The molecule has 0 aliphatic heterocycles. The molecule has 0 bridgehead atoms. The topological polar surface area (TPSA) is 69.6 Å². The molecule has 2 aromatic rings. The molecular weight excluding hydrogens is 340 g/mol. The number of carboxylic acids is 1. The first-order valence-electron chi connectivity index (χ1n) is 9.86. The predicted octanol–water partition coefficient (Wildman–Crippen LogP) is 4.21. The number of rotatable bonds is 13. The third-order valence-electron chi connectivity index (χ3n) is 4.63. The van der Waals surface area contributed by atoms with Crippen molar-refractivity contribution in [3.63, 3.8) is 0 Å². The van der Waals surface area contributed by atoms with Crippen molar-refractivity contribution in [2.75, 3.05) is 13.2 Å². The Hall–Kier alpha value is -2.33. The molecule has 4 nitrogen and oxygen atoms in total. The van der Waals surface area contributed by atoms with Crippen molar-refractivity contribution < 1.29 is 19.7 Å². The number of carbonyl (C=O) groups is 1. The number of aliphatic hydroxyl groups is 1. The zero-order valence-corrected chi connectivity index (χ0v) is 15.9. The lowest BCUT2D eigenvalue weighted by atomic mass is 10.0. The molecule has 2 aromatic carbocycles. The van der Waals surface area contributed by atoms with Crippen LogP contribution in [0, 0.1) is 0 Å². The molecule has 0 saturated heterocycles. The second-order valence-corrected chi connectivity index (χ2v) is 6.79. The van der Waals surface area contributed by atoms with Crippen LogP contribution in [-0.4, -0.2) is 24.3 Å². The summed E-state index contributed by atoms with van der Waals surface area (Å²) in [6, 6.07) is 14.5. The molecule has 0 unspecified atom stereocenters. The predicted molar refractivity (Wildman–Crippen MR) is 106 cm³/mol. The molecule has 2 rings (SSSR count). The van der Waals surface area contributed by atoms with E-state index in [-0.39, 0.29) is 5.56 Å². The van der Waals surface area contributed by atoms with Gasteiger partial charge in [0.15, 0.2) is 0 Å². The molecule has 0 fully saturated rings. The highest BCUT2D eigenvalue weighted by Gasteiger charge is 2.00. The van der Waals surface area contributed by atoms with Crippen molar-refractivity contribution in [2.24, 2.45) is 0 Å². The summed E-state index contributed by atoms with van der Waals surface area (Å²) < 4.78 is 5.79. The van der Waals surface area contributed by atoms with Crippen LogP contribution in [-0.2, 0) is 0 Å². The summed E-state index contributed by atoms with van der Waals surface area (Å²) in [5, 5.41) is 19.5. The lowest BCUT2D eigenvalue weighted by Crippen LogP contribution is -2.21. The molecule has 0 heterocycles. The highest BCUT2D eigenvalue weighted by molar-refractivity contribution is 5.86. The van der Waals surface area contributed by atoms with Crippen LogP contribution in [0.3, 0.4) is 0 Å². The Morgan fingerprint density at radius 3 is 1.74 bits per heavy atom. The minimum absolute atomic E-state index is 0.184. The number of hydrogen-bond acceptors (Lipinski definition) is 4. The summed E-state index contributed by atoms with van der Waals surface area (Å²) in [4.78, 5) is 10.8. The second kappa shape index (κ2) is 12.1. The highest BCUT2D eigenvalue weighted by Crippen LogP contribution is 2.23. The zero-order valence-electron chi connectivity index (χ0n) is 15.9. The van der Waals surface area contributed by atoms with Crippen LogP contribution in [0.1, 0.15) is 61.7 Å². The van der Waals surface area contributed by atoms with Gasteiger partial charge in [0.1, 0.15) is 5.75 Å². The number of aliphatic hydroxyl groups excluding tert-OH is 1. The van der Waals surface area contributed by atoms with E-state index < -0.39 is 5.97 Å². The van der Waals surface area contributed by atoms with Crippen molar-refractivity contribution in [2.45, 2.75) is 51.4 Å². The van der Waals surface area contributed by atoms with Gasteiger partial charge in [0, 0.05) is 6.61 Å². The van der Waals surface area contributed by atoms with Crippen LogP contribution in [0.4, 0.5) is 0 Å². The largest absolute Gasteiger partial charge is 0.545 e. The zero-order chi connectivity index (χ0) is 19.3. The van der Waals surface area contributed by atoms with Gasteiger partial charge in [-0.05, 0) is 41.7 Å². The Labute approximate surface area is 161 Å². The lowest BCUT2D eigenvalue weighted by Gasteiger charge is -2.08. The molecule has 0 radical (unpaired) electrons. The Balaban J connectivity index is 1.63. The number of ether oxygens (including phenoxy) is 1. The SMILES string of the molecule is O=C([O-])c1ccc(-c2ccc(OCCCCCCCCCCO)cc2)cc1. The highest BCUT2D eigenvalue weighted by atomic mass is 16.5. The summed E-state index contributed by atoms with van der Waals surface area (Å²) in [7, 11) is 0. The van der Waals surface area contributed by atoms with Crippen molar-refractivity contribution in [1.29, 1.82) is 0 Å². The summed E-state index contributed by atoms with van der Waals surface area (Å²) in [6.07, 6.45) is 9.28. The maximum Gasteiger partial charge on any atom is 0.119 e. The van der Waals surface area contributed by atoms with E-state index in [2.05, 4.69) is 0 Å². The fourth-order valence-corrected chi connectivity index (χ4v) is 3.01. The van der Waals surface area contributed by atoms with Gasteiger partial charge in [-0.1, -0.05) is 74.9 Å². The first kappa shape index (κ1) is 21.0. The number of benzene rings is 2. The van der Waals surface area contributed by atoms with Crippen LogP contribution in [0.25, 0.3) is 11.1 Å². The molecule has 0 atom stereocenters. The minimum atomic E-state index is -1.16. The van der Waals surface area contributed by atoms with E-state index in [0.29, 0.717) is 6.61 Å². The van der Waals surface area contributed by atoms with E-state index in [0.717, 1.165) is 42.7 Å². The molecule has 146 valence electrons. The molecular formula is C23H29O4-. The number of hydrogen-bond donors (Lipinski definition) is 1. The minimum Gasteiger partial charge on any atom is -0.545 e. The van der Waals surface area contributed by atoms with Crippen LogP contribution in [0.2, 0.25) is 0 Å². The van der Waals surface area contributed by atoms with Crippen molar-refractivity contribution >= 4 is 5.97 Å². The van der Waals surface area contributed by atoms with Gasteiger partial charge in [-0.25, -0.2) is 0 Å². The third-order valence-corrected chi connectivity index (χ3v) is 4.63. The van der Waals surface area contributed by atoms with Gasteiger partial charge in [0.05, 0.1) is 12.6 Å². The fraction of sp³-hybridized carbons (Fsp3) is 0.435. The molecule has 0 amide bonds. The van der Waals surface area contributed by atoms with Crippen LogP contribution in [0.5, 0.6) is 5.75 Å². The summed E-state index contributed by atoms with van der Waals surface area (Å²) >= 11 is 0. The molecule has 0 saturated carbocycles. The van der Waals surface area contributed by atoms with Gasteiger partial charge in [0.25, 0.3) is 0 Å². The third kappa shape index (κ3) is 7.83. The molecule has 1 N–H and O–H groups in total. The standard InChI is InChI=1S/C23H30O4/c24-17-7-5-3-1-2-4-6-8-18-27-22-15-13-20(14-16-22)19-9-11-21(12-10-19)23(25)26/h9-16,24H,1-8,17-18H2,(H,25,26)/p-1. The van der Waals surface area contributed by atoms with Crippen molar-refractivity contribution in [3.05, 3.63) is 54.1 Å². The molecule has 0 aliphatic carbocycles. The number of unbranched alkanes of at least 4 members (excludes halogenated alkanes) is 7. The first-order chi connectivity index (χ1) is 13.2. The summed E-state index contributed by atoms with van der Waals surface area (Å²) in [5.74, 6) is -0.305. The summed E-state index contributed by atoms with van der Waals surface area (Å²) in [6.45, 7) is 1.04. The van der Waals surface area contributed by atoms with E-state index in [1.54, 1.807) is 24.3 Å². The van der Waals surface area contributed by atoms with Crippen LogP contribution in [0.15, 0.2) is 48.5 Å². The van der Waals surface area contributed by atoms with E-state index in [9.17, 15) is 9.90 Å². The monoisotopic (exact) mass is 369 g/mol. The Morgan fingerprint density at radius 2 is 1.22 bits per heavy atom. The molecule has 27 heavy (non-hydrogen) atoms. The van der Waals surface area contributed by atoms with E-state index >= 15 is 0 Å².